The van der Waals surface area contributed by atoms with Gasteiger partial charge in [-0.3, -0.25) is 4.39 Å². The van der Waals surface area contributed by atoms with E-state index in [0.29, 0.717) is 5.75 Å². The largest absolute Gasteiger partial charge is 1.00 e. The van der Waals surface area contributed by atoms with Crippen LogP contribution in [-0.2, 0) is 0 Å². The zero-order valence-electron chi connectivity index (χ0n) is 23.3. The molecule has 0 aliphatic heterocycles. The molecule has 7 heteroatoms. The van der Waals surface area contributed by atoms with E-state index in [2.05, 4.69) is 96.9 Å². The third-order valence-corrected chi connectivity index (χ3v) is 7.46. The van der Waals surface area contributed by atoms with Gasteiger partial charge in [0.05, 0.1) is 24.6 Å². The second-order valence-corrected chi connectivity index (χ2v) is 9.28. The summed E-state index contributed by atoms with van der Waals surface area (Å²) in [6.45, 7) is 0. The zero-order valence-corrected chi connectivity index (χ0v) is 28.6. The van der Waals surface area contributed by atoms with Gasteiger partial charge in [0.2, 0.25) is 0 Å². The third-order valence-electron chi connectivity index (χ3n) is 5.87. The van der Waals surface area contributed by atoms with Crippen LogP contribution < -0.4 is 34.3 Å². The monoisotopic (exact) mass is 759 g/mol. The summed E-state index contributed by atoms with van der Waals surface area (Å²) in [7, 11) is 0.710. The Balaban J connectivity index is 0.000000331. The molecule has 0 bridgehead atoms. The molecule has 0 atom stereocenters. The van der Waals surface area contributed by atoms with E-state index in [1.165, 1.54) is 16.2 Å². The molecule has 6 aromatic carbocycles. The molecule has 0 aliphatic carbocycles. The van der Waals surface area contributed by atoms with Crippen molar-refractivity contribution in [3.63, 3.8) is 0 Å². The number of rotatable bonds is 1. The first kappa shape index (κ1) is 31.1. The van der Waals surface area contributed by atoms with Crippen LogP contribution >= 0.6 is 54.5 Å². The number of hydrogen-bond acceptors (Lipinski definition) is 2. The molecule has 0 aromatic heterocycles. The number of phenols is 1. The van der Waals surface area contributed by atoms with Crippen LogP contribution in [0.15, 0.2) is 106 Å². The topological polar surface area (TPSA) is 29.5 Å². The van der Waals surface area contributed by atoms with E-state index in [9.17, 15) is 9.50 Å². The Hall–Kier alpha value is -1.42. The normalized spacial score (nSPS) is 10.2. The summed E-state index contributed by atoms with van der Waals surface area (Å²) in [4.78, 5) is 1.97. The Labute approximate surface area is 278 Å². The molecule has 6 rings (SSSR count). The number of alkyl halides is 2. The van der Waals surface area contributed by atoms with E-state index in [0.717, 1.165) is 41.6 Å². The summed E-state index contributed by atoms with van der Waals surface area (Å²) >= 11 is 9.24. The number of methoxy groups -OCH3 is 1. The van der Waals surface area contributed by atoms with Crippen LogP contribution in [0.2, 0.25) is 0 Å². The van der Waals surface area contributed by atoms with Crippen molar-refractivity contribution < 1.29 is 46.6 Å². The van der Waals surface area contributed by atoms with Gasteiger partial charge in [-0.1, -0.05) is 120 Å². The molecule has 0 saturated heterocycles. The quantitative estimate of drug-likeness (QED) is 0.0798. The summed E-state index contributed by atoms with van der Waals surface area (Å²) in [6.07, 6.45) is 0. The number of aromatic hydroxyl groups is 1. The first-order chi connectivity index (χ1) is 18.5. The predicted octanol–water partition coefficient (Wildman–Crippen LogP) is 7.98. The molecule has 0 fully saturated rings. The zero-order chi connectivity index (χ0) is 27.7. The van der Waals surface area contributed by atoms with Gasteiger partial charge in [0.25, 0.3) is 0 Å². The molecule has 0 unspecified atom stereocenters. The van der Waals surface area contributed by atoms with Gasteiger partial charge in [-0.25, -0.2) is 0 Å². The molecule has 0 saturated carbocycles. The molecule has 0 spiro atoms. The number of ether oxygens (including phenoxy) is 1. The van der Waals surface area contributed by atoms with Gasteiger partial charge in [-0.2, -0.15) is 0 Å². The third kappa shape index (κ3) is 6.65. The molecule has 0 amide bonds. The van der Waals surface area contributed by atoms with E-state index in [4.69, 9.17) is 6.11 Å². The number of halogens is 4. The molecular weight excluding hydrogens is 733 g/mol. The molecule has 6 aromatic rings. The van der Waals surface area contributed by atoms with Crippen LogP contribution in [0, 0.1) is 0 Å². The number of benzene rings is 6. The van der Waals surface area contributed by atoms with Crippen LogP contribution in [0.4, 0.5) is 4.39 Å². The SMILES string of the molecule is CI.COc1c(Br)c2ccccc2c2ccccc12.Oc1c(Br)c2ccccc2c2ccccc12.[2H]CF.[H-].[Na+]. The number of hydrogen-bond donors (Lipinski definition) is 1. The molecule has 0 aliphatic rings. The molecule has 2 nitrogen and oxygen atoms in total. The Morgan fingerprint density at radius 2 is 0.947 bits per heavy atom. The van der Waals surface area contributed by atoms with Crippen LogP contribution in [0.3, 0.4) is 0 Å². The van der Waals surface area contributed by atoms with Crippen molar-refractivity contribution in [1.29, 1.82) is 0 Å². The molecular formula is C31H27Br2FINaO2. The minimum atomic E-state index is -1.00. The number of phenolic OH excluding ortho intramolecular Hbond substituents is 1. The fourth-order valence-electron chi connectivity index (χ4n) is 4.35. The number of fused-ring (bicyclic) bond motifs is 6. The fraction of sp³-hybridized carbons (Fsp3) is 0.0968. The standard InChI is InChI=1S/C15H11BrO.C14H9BrO.CH3F.CH3I.Na.H/c1-17-15-13-9-5-3-7-11(13)10-6-2-4-8-12(10)14(15)16;15-13-11-7-3-1-5-9(11)10-6-2-4-8-12(10)14(13)16;2*1-2;;/h2-9H,1H3;1-8,16H;2*1H3;;/q;;;;+1;-1/i;;1D;;;. The maximum Gasteiger partial charge on any atom is 1.00 e. The van der Waals surface area contributed by atoms with Gasteiger partial charge >= 0.3 is 29.6 Å². The fourth-order valence-corrected chi connectivity index (χ4v) is 5.63. The Kier molecular flexibility index (Phi) is 13.1. The first-order valence-electron chi connectivity index (χ1n) is 11.9. The average Bonchev–Trinajstić information content (AvgIpc) is 2.98. The first-order valence-corrected chi connectivity index (χ1v) is 14.9. The molecule has 38 heavy (non-hydrogen) atoms. The van der Waals surface area contributed by atoms with Crippen molar-refractivity contribution in [3.8, 4) is 11.5 Å². The minimum Gasteiger partial charge on any atom is -1.00 e. The summed E-state index contributed by atoms with van der Waals surface area (Å²) in [5.74, 6) is 1.22. The van der Waals surface area contributed by atoms with Crippen LogP contribution in [0.25, 0.3) is 43.1 Å². The van der Waals surface area contributed by atoms with Gasteiger partial charge < -0.3 is 11.3 Å². The minimum absolute atomic E-state index is 0. The van der Waals surface area contributed by atoms with Crippen molar-refractivity contribution in [2.75, 3.05) is 19.2 Å². The Morgan fingerprint density at radius 1 is 0.658 bits per heavy atom. The molecule has 0 heterocycles. The van der Waals surface area contributed by atoms with E-state index in [-0.39, 0.29) is 31.0 Å². The van der Waals surface area contributed by atoms with Gasteiger partial charge in [0.1, 0.15) is 11.5 Å². The summed E-state index contributed by atoms with van der Waals surface area (Å²) in [5.41, 5.74) is 0. The second-order valence-electron chi connectivity index (χ2n) is 7.69. The van der Waals surface area contributed by atoms with Crippen LogP contribution in [0.1, 0.15) is 2.80 Å². The van der Waals surface area contributed by atoms with Crippen molar-refractivity contribution in [3.05, 3.63) is 106 Å². The predicted molar refractivity (Wildman–Crippen MR) is 175 cm³/mol. The Bertz CT molecular complexity index is 1630. The molecule has 0 radical (unpaired) electrons. The van der Waals surface area contributed by atoms with Crippen molar-refractivity contribution in [1.82, 2.24) is 0 Å². The van der Waals surface area contributed by atoms with Crippen LogP contribution in [0.5, 0.6) is 11.5 Å². The van der Waals surface area contributed by atoms with Gasteiger partial charge in [0, 0.05) is 21.5 Å². The summed E-state index contributed by atoms with van der Waals surface area (Å²) < 4.78 is 22.8. The molecule has 192 valence electrons. The summed E-state index contributed by atoms with van der Waals surface area (Å²) in [6, 6.07) is 32.6. The summed E-state index contributed by atoms with van der Waals surface area (Å²) in [5, 5.41) is 19.1. The van der Waals surface area contributed by atoms with E-state index >= 15 is 0 Å². The maximum absolute atomic E-state index is 10.1. The molecule has 1 N–H and O–H groups in total. The van der Waals surface area contributed by atoms with Crippen LogP contribution in [-0.4, -0.2) is 24.3 Å². The van der Waals surface area contributed by atoms with Gasteiger partial charge in [-0.05, 0) is 58.3 Å². The van der Waals surface area contributed by atoms with Gasteiger partial charge in [0.15, 0.2) is 0 Å². The van der Waals surface area contributed by atoms with Crippen molar-refractivity contribution in [2.45, 2.75) is 0 Å². The van der Waals surface area contributed by atoms with Crippen molar-refractivity contribution >= 4 is 97.5 Å². The van der Waals surface area contributed by atoms with E-state index < -0.39 is 7.15 Å². The van der Waals surface area contributed by atoms with E-state index in [1.807, 2.05) is 59.5 Å². The average molecular weight is 761 g/mol. The second kappa shape index (κ2) is 16.0. The van der Waals surface area contributed by atoms with Crippen molar-refractivity contribution in [2.24, 2.45) is 0 Å². The smallest absolute Gasteiger partial charge is 1.00 e. The maximum atomic E-state index is 10.1. The van der Waals surface area contributed by atoms with E-state index in [1.54, 1.807) is 7.11 Å². The van der Waals surface area contributed by atoms with Gasteiger partial charge in [-0.15, -0.1) is 0 Å². The Morgan fingerprint density at radius 3 is 1.37 bits per heavy atom.